The van der Waals surface area contributed by atoms with Crippen molar-refractivity contribution in [1.82, 2.24) is 0 Å². The second-order valence-corrected chi connectivity index (χ2v) is 3.33. The van der Waals surface area contributed by atoms with E-state index < -0.39 is 0 Å². The van der Waals surface area contributed by atoms with Crippen molar-refractivity contribution in [2.24, 2.45) is 0 Å². The predicted molar refractivity (Wildman–Crippen MR) is 52.6 cm³/mol. The third-order valence-corrected chi connectivity index (χ3v) is 2.10. The molecular formula is C11H23Mn-. The minimum atomic E-state index is 0. The second-order valence-electron chi connectivity index (χ2n) is 3.33. The Morgan fingerprint density at radius 3 is 1.58 bits per heavy atom. The van der Waals surface area contributed by atoms with Crippen molar-refractivity contribution >= 4 is 0 Å². The summed E-state index contributed by atoms with van der Waals surface area (Å²) in [6, 6.07) is 0. The van der Waals surface area contributed by atoms with Crippen molar-refractivity contribution in [3.05, 3.63) is 6.92 Å². The summed E-state index contributed by atoms with van der Waals surface area (Å²) in [5.74, 6) is 0. The Morgan fingerprint density at radius 2 is 1.17 bits per heavy atom. The standard InChI is InChI=1S/C11H23.Mn/c1-3-5-7-9-11-10-8-6-4-2;/h1,3-11H2,2H3;/q-1;. The maximum atomic E-state index is 3.83. The Bertz CT molecular complexity index is 54.0. The van der Waals surface area contributed by atoms with E-state index >= 15 is 0 Å². The van der Waals surface area contributed by atoms with Crippen LogP contribution < -0.4 is 0 Å². The van der Waals surface area contributed by atoms with Crippen LogP contribution in [0.4, 0.5) is 0 Å². The van der Waals surface area contributed by atoms with E-state index in [4.69, 9.17) is 0 Å². The van der Waals surface area contributed by atoms with Gasteiger partial charge in [0, 0.05) is 17.1 Å². The van der Waals surface area contributed by atoms with Crippen LogP contribution in [0, 0.1) is 6.92 Å². The van der Waals surface area contributed by atoms with Crippen molar-refractivity contribution in [2.75, 3.05) is 0 Å². The van der Waals surface area contributed by atoms with Gasteiger partial charge in [-0.2, -0.15) is 6.42 Å². The largest absolute Gasteiger partial charge is 0.343 e. The van der Waals surface area contributed by atoms with Crippen molar-refractivity contribution in [2.45, 2.75) is 64.7 Å². The molecule has 0 rings (SSSR count). The summed E-state index contributed by atoms with van der Waals surface area (Å²) in [6.45, 7) is 6.10. The van der Waals surface area contributed by atoms with E-state index in [1.807, 2.05) is 0 Å². The van der Waals surface area contributed by atoms with Crippen LogP contribution in [-0.2, 0) is 17.1 Å². The zero-order chi connectivity index (χ0) is 8.36. The first kappa shape index (κ1) is 15.0. The van der Waals surface area contributed by atoms with Crippen LogP contribution in [0.5, 0.6) is 0 Å². The van der Waals surface area contributed by atoms with Crippen molar-refractivity contribution in [3.8, 4) is 0 Å². The molecule has 1 heteroatoms. The normalized spacial score (nSPS) is 9.50. The molecule has 0 saturated carbocycles. The number of hydrogen-bond donors (Lipinski definition) is 0. The molecule has 0 N–H and O–H groups in total. The van der Waals surface area contributed by atoms with Crippen LogP contribution in [-0.4, -0.2) is 0 Å². The van der Waals surface area contributed by atoms with Gasteiger partial charge in [0.2, 0.25) is 0 Å². The van der Waals surface area contributed by atoms with E-state index in [-0.39, 0.29) is 17.1 Å². The second kappa shape index (κ2) is 14.1. The molecule has 0 unspecified atom stereocenters. The van der Waals surface area contributed by atoms with Crippen molar-refractivity contribution < 1.29 is 17.1 Å². The Kier molecular flexibility index (Phi) is 17.6. The van der Waals surface area contributed by atoms with Gasteiger partial charge in [-0.25, -0.2) is 0 Å². The molecule has 0 spiro atoms. The Balaban J connectivity index is 0. The molecule has 0 aliphatic heterocycles. The molecule has 0 heterocycles. The minimum Gasteiger partial charge on any atom is -0.343 e. The van der Waals surface area contributed by atoms with Gasteiger partial charge in [0.15, 0.2) is 0 Å². The van der Waals surface area contributed by atoms with Crippen molar-refractivity contribution in [1.29, 1.82) is 0 Å². The molecule has 0 aromatic carbocycles. The van der Waals surface area contributed by atoms with E-state index in [9.17, 15) is 0 Å². The smallest absolute Gasteiger partial charge is 0 e. The van der Waals surface area contributed by atoms with Crippen LogP contribution in [0.25, 0.3) is 0 Å². The maximum absolute atomic E-state index is 3.83. The molecular weight excluding hydrogens is 187 g/mol. The van der Waals surface area contributed by atoms with E-state index in [0.717, 1.165) is 6.42 Å². The first-order valence-corrected chi connectivity index (χ1v) is 5.21. The molecule has 0 aromatic rings. The van der Waals surface area contributed by atoms with E-state index in [1.54, 1.807) is 0 Å². The zero-order valence-corrected chi connectivity index (χ0v) is 9.63. The van der Waals surface area contributed by atoms with E-state index in [0.29, 0.717) is 0 Å². The van der Waals surface area contributed by atoms with Gasteiger partial charge < -0.3 is 6.92 Å². The molecule has 0 aromatic heterocycles. The molecule has 0 aliphatic carbocycles. The first-order valence-electron chi connectivity index (χ1n) is 5.21. The van der Waals surface area contributed by atoms with Gasteiger partial charge in [-0.3, -0.25) is 0 Å². The van der Waals surface area contributed by atoms with Crippen LogP contribution in [0.1, 0.15) is 64.7 Å². The van der Waals surface area contributed by atoms with Gasteiger partial charge in [0.25, 0.3) is 0 Å². The zero-order valence-electron chi connectivity index (χ0n) is 8.45. The summed E-state index contributed by atoms with van der Waals surface area (Å²) in [4.78, 5) is 0. The van der Waals surface area contributed by atoms with Gasteiger partial charge in [-0.1, -0.05) is 58.3 Å². The van der Waals surface area contributed by atoms with Gasteiger partial charge in [0.05, 0.1) is 0 Å². The van der Waals surface area contributed by atoms with Crippen LogP contribution in [0.3, 0.4) is 0 Å². The first-order chi connectivity index (χ1) is 5.41. The fourth-order valence-electron chi connectivity index (χ4n) is 1.31. The summed E-state index contributed by atoms with van der Waals surface area (Å²) in [6.07, 6.45) is 12.4. The number of unbranched alkanes of at least 4 members (excludes halogenated alkanes) is 8. The van der Waals surface area contributed by atoms with Crippen LogP contribution in [0.15, 0.2) is 0 Å². The SMILES string of the molecule is [CH2-]CCCCCCCCCC.[Mn]. The summed E-state index contributed by atoms with van der Waals surface area (Å²) in [7, 11) is 0. The number of rotatable bonds is 8. The average molecular weight is 210 g/mol. The monoisotopic (exact) mass is 210 g/mol. The van der Waals surface area contributed by atoms with Gasteiger partial charge in [-0.05, 0) is 0 Å². The molecule has 0 atom stereocenters. The third kappa shape index (κ3) is 13.1. The van der Waals surface area contributed by atoms with Crippen LogP contribution in [0.2, 0.25) is 0 Å². The summed E-state index contributed by atoms with van der Waals surface area (Å²) in [5.41, 5.74) is 0. The summed E-state index contributed by atoms with van der Waals surface area (Å²) >= 11 is 0. The molecule has 0 saturated heterocycles. The minimum absolute atomic E-state index is 0. The Morgan fingerprint density at radius 1 is 0.750 bits per heavy atom. The molecule has 75 valence electrons. The summed E-state index contributed by atoms with van der Waals surface area (Å²) in [5, 5.41) is 0. The van der Waals surface area contributed by atoms with Gasteiger partial charge in [-0.15, -0.1) is 0 Å². The Hall–Kier alpha value is 0.519. The molecule has 0 nitrogen and oxygen atoms in total. The number of hydrogen-bond acceptors (Lipinski definition) is 0. The Labute approximate surface area is 89.0 Å². The van der Waals surface area contributed by atoms with E-state index in [1.165, 1.54) is 51.4 Å². The fourth-order valence-corrected chi connectivity index (χ4v) is 1.31. The molecule has 0 amide bonds. The quantitative estimate of drug-likeness (QED) is 0.317. The fraction of sp³-hybridized carbons (Fsp3) is 0.909. The molecule has 1 radical (unpaired) electrons. The van der Waals surface area contributed by atoms with Crippen LogP contribution >= 0.6 is 0 Å². The van der Waals surface area contributed by atoms with Gasteiger partial charge >= 0.3 is 0 Å². The molecule has 12 heavy (non-hydrogen) atoms. The maximum Gasteiger partial charge on any atom is 0 e. The molecule has 0 bridgehead atoms. The molecule has 0 fully saturated rings. The predicted octanol–water partition coefficient (Wildman–Crippen LogP) is 4.35. The summed E-state index contributed by atoms with van der Waals surface area (Å²) < 4.78 is 0. The van der Waals surface area contributed by atoms with Gasteiger partial charge in [0.1, 0.15) is 0 Å². The van der Waals surface area contributed by atoms with E-state index in [2.05, 4.69) is 13.8 Å². The third-order valence-electron chi connectivity index (χ3n) is 2.10. The topological polar surface area (TPSA) is 0 Å². The molecule has 0 aliphatic rings. The van der Waals surface area contributed by atoms with Crippen molar-refractivity contribution in [3.63, 3.8) is 0 Å². The average Bonchev–Trinajstić information content (AvgIpc) is 2.03.